The zero-order valence-corrected chi connectivity index (χ0v) is 12.3. The molecule has 2 aromatic rings. The molecule has 0 fully saturated rings. The number of benzene rings is 2. The van der Waals surface area contributed by atoms with Gasteiger partial charge < -0.3 is 19.7 Å². The molecule has 2 aromatic carbocycles. The average molecular weight is 300 g/mol. The molecule has 0 saturated carbocycles. The smallest absolute Gasteiger partial charge is 0.342 e. The van der Waals surface area contributed by atoms with Gasteiger partial charge in [-0.2, -0.15) is 0 Å². The Bertz CT molecular complexity index is 793. The van der Waals surface area contributed by atoms with Crippen molar-refractivity contribution in [2.75, 3.05) is 13.7 Å². The normalized spacial score (nSPS) is 19.6. The molecule has 1 atom stereocenters. The summed E-state index contributed by atoms with van der Waals surface area (Å²) in [6.07, 6.45) is 3.34. The van der Waals surface area contributed by atoms with E-state index in [0.29, 0.717) is 22.1 Å². The zero-order chi connectivity index (χ0) is 15.9. The van der Waals surface area contributed by atoms with Gasteiger partial charge in [-0.15, -0.1) is 0 Å². The van der Waals surface area contributed by atoms with Gasteiger partial charge in [-0.25, -0.2) is 4.79 Å². The number of aliphatic hydroxyl groups excluding tert-OH is 1. The van der Waals surface area contributed by atoms with Crippen molar-refractivity contribution in [2.45, 2.75) is 12.5 Å². The highest BCUT2D eigenvalue weighted by molar-refractivity contribution is 6.08. The minimum atomic E-state index is -0.875. The molecule has 0 radical (unpaired) electrons. The van der Waals surface area contributed by atoms with Crippen molar-refractivity contribution in [1.29, 1.82) is 0 Å². The van der Waals surface area contributed by atoms with E-state index >= 15 is 0 Å². The molecule has 0 saturated heterocycles. The summed E-state index contributed by atoms with van der Waals surface area (Å²) in [7, 11) is 1.26. The third-order valence-electron chi connectivity index (χ3n) is 3.82. The van der Waals surface area contributed by atoms with Crippen molar-refractivity contribution >= 4 is 22.8 Å². The van der Waals surface area contributed by atoms with Crippen molar-refractivity contribution in [1.82, 2.24) is 0 Å². The van der Waals surface area contributed by atoms with Crippen LogP contribution in [0.5, 0.6) is 11.5 Å². The van der Waals surface area contributed by atoms with Crippen LogP contribution in [0, 0.1) is 0 Å². The number of esters is 1. The topological polar surface area (TPSA) is 76.0 Å². The maximum Gasteiger partial charge on any atom is 0.342 e. The van der Waals surface area contributed by atoms with Gasteiger partial charge >= 0.3 is 5.97 Å². The molecule has 1 aliphatic heterocycles. The number of hydrogen-bond acceptors (Lipinski definition) is 5. The first-order valence-electron chi connectivity index (χ1n) is 6.86. The Morgan fingerprint density at radius 2 is 2.00 bits per heavy atom. The fourth-order valence-corrected chi connectivity index (χ4v) is 2.60. The van der Waals surface area contributed by atoms with Crippen LogP contribution in [0.25, 0.3) is 16.8 Å². The van der Waals surface area contributed by atoms with E-state index in [1.165, 1.54) is 7.11 Å². The molecule has 2 N–H and O–H groups in total. The summed E-state index contributed by atoms with van der Waals surface area (Å²) in [5, 5.41) is 21.1. The van der Waals surface area contributed by atoms with Gasteiger partial charge in [-0.1, -0.05) is 30.3 Å². The quantitative estimate of drug-likeness (QED) is 0.833. The second-order valence-electron chi connectivity index (χ2n) is 5.41. The number of carbonyl (C=O) groups is 1. The SMILES string of the molecule is COC(=O)c1c2c(c3ccccc3c1O)OC(C)(CO)C=C2. The molecule has 0 bridgehead atoms. The highest BCUT2D eigenvalue weighted by atomic mass is 16.5. The summed E-state index contributed by atoms with van der Waals surface area (Å²) in [6.45, 7) is 1.54. The molecule has 0 amide bonds. The predicted molar refractivity (Wildman–Crippen MR) is 82.1 cm³/mol. The fraction of sp³-hybridized carbons (Fsp3) is 0.235. The van der Waals surface area contributed by atoms with Crippen molar-refractivity contribution in [3.05, 3.63) is 41.5 Å². The van der Waals surface area contributed by atoms with E-state index < -0.39 is 11.6 Å². The van der Waals surface area contributed by atoms with Gasteiger partial charge in [0, 0.05) is 16.3 Å². The zero-order valence-electron chi connectivity index (χ0n) is 12.3. The summed E-state index contributed by atoms with van der Waals surface area (Å²) in [5.41, 5.74) is -0.360. The molecule has 22 heavy (non-hydrogen) atoms. The molecule has 0 spiro atoms. The number of carbonyl (C=O) groups excluding carboxylic acids is 1. The average Bonchev–Trinajstić information content (AvgIpc) is 2.55. The minimum Gasteiger partial charge on any atom is -0.506 e. The van der Waals surface area contributed by atoms with Crippen LogP contribution in [0.15, 0.2) is 30.3 Å². The van der Waals surface area contributed by atoms with Gasteiger partial charge in [0.1, 0.15) is 22.7 Å². The van der Waals surface area contributed by atoms with Gasteiger partial charge in [-0.05, 0) is 13.0 Å². The third-order valence-corrected chi connectivity index (χ3v) is 3.82. The maximum atomic E-state index is 12.1. The second kappa shape index (κ2) is 5.03. The van der Waals surface area contributed by atoms with Gasteiger partial charge in [-0.3, -0.25) is 0 Å². The van der Waals surface area contributed by atoms with E-state index in [0.717, 1.165) is 0 Å². The first kappa shape index (κ1) is 14.4. The lowest BCUT2D eigenvalue weighted by molar-refractivity contribution is 0.0582. The predicted octanol–water partition coefficient (Wildman–Crippen LogP) is 2.49. The Kier molecular flexibility index (Phi) is 3.30. The second-order valence-corrected chi connectivity index (χ2v) is 5.41. The Balaban J connectivity index is 2.39. The molecule has 5 heteroatoms. The molecule has 1 aliphatic rings. The number of phenols is 1. The lowest BCUT2D eigenvalue weighted by Gasteiger charge is -2.31. The minimum absolute atomic E-state index is 0.0624. The van der Waals surface area contributed by atoms with Gasteiger partial charge in [0.25, 0.3) is 0 Å². The van der Waals surface area contributed by atoms with Crippen LogP contribution in [0.3, 0.4) is 0 Å². The molecular formula is C17H16O5. The molecular weight excluding hydrogens is 284 g/mol. The Morgan fingerprint density at radius 3 is 2.64 bits per heavy atom. The maximum absolute atomic E-state index is 12.1. The number of fused-ring (bicyclic) bond motifs is 3. The van der Waals surface area contributed by atoms with Crippen LogP contribution in [0.2, 0.25) is 0 Å². The van der Waals surface area contributed by atoms with E-state index in [4.69, 9.17) is 9.47 Å². The van der Waals surface area contributed by atoms with Crippen molar-refractivity contribution < 1.29 is 24.5 Å². The Hall–Kier alpha value is -2.53. The van der Waals surface area contributed by atoms with Crippen molar-refractivity contribution in [2.24, 2.45) is 0 Å². The molecule has 5 nitrogen and oxygen atoms in total. The molecule has 1 heterocycles. The van der Waals surface area contributed by atoms with Crippen molar-refractivity contribution in [3.8, 4) is 11.5 Å². The molecule has 114 valence electrons. The number of aromatic hydroxyl groups is 1. The van der Waals surface area contributed by atoms with Gasteiger partial charge in [0.15, 0.2) is 0 Å². The molecule has 0 aliphatic carbocycles. The summed E-state index contributed by atoms with van der Waals surface area (Å²) in [4.78, 5) is 12.1. The lowest BCUT2D eigenvalue weighted by Crippen LogP contribution is -2.36. The summed E-state index contributed by atoms with van der Waals surface area (Å²) in [6, 6.07) is 7.08. The van der Waals surface area contributed by atoms with Crippen LogP contribution in [0.1, 0.15) is 22.8 Å². The fourth-order valence-electron chi connectivity index (χ4n) is 2.60. The number of hydrogen-bond donors (Lipinski definition) is 2. The van der Waals surface area contributed by atoms with E-state index in [1.54, 1.807) is 37.3 Å². The number of phenolic OH excluding ortho intramolecular Hbond substituents is 1. The Morgan fingerprint density at radius 1 is 1.32 bits per heavy atom. The first-order chi connectivity index (χ1) is 10.5. The highest BCUT2D eigenvalue weighted by Gasteiger charge is 2.32. The standard InChI is InChI=1S/C17H16O5/c1-17(9-18)8-7-12-13(16(20)21-2)14(19)10-5-3-4-6-11(10)15(12)22-17/h3-8,18-19H,9H2,1-2H3. The monoisotopic (exact) mass is 300 g/mol. The molecule has 3 rings (SSSR count). The van der Waals surface area contributed by atoms with E-state index in [1.807, 2.05) is 6.07 Å². The number of methoxy groups -OCH3 is 1. The summed E-state index contributed by atoms with van der Waals surface area (Å²) < 4.78 is 10.7. The molecule has 0 aromatic heterocycles. The van der Waals surface area contributed by atoms with Gasteiger partial charge in [0.2, 0.25) is 0 Å². The van der Waals surface area contributed by atoms with E-state index in [-0.39, 0.29) is 17.9 Å². The number of ether oxygens (including phenoxy) is 2. The molecule has 1 unspecified atom stereocenters. The third kappa shape index (κ3) is 2.02. The largest absolute Gasteiger partial charge is 0.506 e. The Labute approximate surface area is 127 Å². The van der Waals surface area contributed by atoms with Crippen LogP contribution in [-0.4, -0.2) is 35.5 Å². The van der Waals surface area contributed by atoms with Crippen molar-refractivity contribution in [3.63, 3.8) is 0 Å². The lowest BCUT2D eigenvalue weighted by atomic mass is 9.93. The summed E-state index contributed by atoms with van der Waals surface area (Å²) >= 11 is 0. The van der Waals surface area contributed by atoms with Crippen LogP contribution >= 0.6 is 0 Å². The highest BCUT2D eigenvalue weighted by Crippen LogP contribution is 2.44. The van der Waals surface area contributed by atoms with E-state index in [9.17, 15) is 15.0 Å². The van der Waals surface area contributed by atoms with Crippen LogP contribution in [0.4, 0.5) is 0 Å². The number of rotatable bonds is 2. The van der Waals surface area contributed by atoms with Crippen LogP contribution in [-0.2, 0) is 4.74 Å². The van der Waals surface area contributed by atoms with E-state index in [2.05, 4.69) is 0 Å². The summed E-state index contributed by atoms with van der Waals surface area (Å²) in [5.74, 6) is -0.324. The number of aliphatic hydroxyl groups is 1. The first-order valence-corrected chi connectivity index (χ1v) is 6.86. The van der Waals surface area contributed by atoms with Gasteiger partial charge in [0.05, 0.1) is 13.7 Å². The van der Waals surface area contributed by atoms with Crippen LogP contribution < -0.4 is 4.74 Å².